The van der Waals surface area contributed by atoms with Crippen LogP contribution in [0, 0.1) is 5.82 Å². The van der Waals surface area contributed by atoms with Gasteiger partial charge in [-0.25, -0.2) is 4.39 Å². The number of carbonyl (C=O) groups excluding carboxylic acids is 4. The van der Waals surface area contributed by atoms with Gasteiger partial charge in [0.05, 0.1) is 11.3 Å². The summed E-state index contributed by atoms with van der Waals surface area (Å²) in [5, 5.41) is 8.25. The topological polar surface area (TPSA) is 143 Å². The molecule has 1 aliphatic carbocycles. The minimum Gasteiger partial charge on any atom is -0.482 e. The summed E-state index contributed by atoms with van der Waals surface area (Å²) in [6, 6.07) is 15.6. The second-order valence-corrected chi connectivity index (χ2v) is 11.0. The summed E-state index contributed by atoms with van der Waals surface area (Å²) in [6.07, 6.45) is 5.60. The molecule has 2 aliphatic rings. The van der Waals surface area contributed by atoms with Crippen LogP contribution in [0.1, 0.15) is 75.2 Å². The zero-order valence-electron chi connectivity index (χ0n) is 24.4. The van der Waals surface area contributed by atoms with Gasteiger partial charge in [-0.2, -0.15) is 0 Å². The maximum atomic E-state index is 15.1. The van der Waals surface area contributed by atoms with Gasteiger partial charge in [-0.1, -0.05) is 18.9 Å². The molecular formula is C33H36FN5O5. The molecule has 0 aromatic heterocycles. The summed E-state index contributed by atoms with van der Waals surface area (Å²) >= 11 is 0. The Hall–Kier alpha value is -4.77. The van der Waals surface area contributed by atoms with Crippen LogP contribution in [-0.2, 0) is 11.3 Å². The molecular weight excluding hydrogens is 565 g/mol. The lowest BCUT2D eigenvalue weighted by atomic mass is 10.1. The van der Waals surface area contributed by atoms with Gasteiger partial charge in [0.2, 0.25) is 0 Å². The number of carbonyl (C=O) groups is 4. The molecule has 3 aromatic rings. The minimum atomic E-state index is -0.705. The maximum Gasteiger partial charge on any atom is 0.262 e. The van der Waals surface area contributed by atoms with E-state index in [1.165, 1.54) is 12.1 Å². The zero-order chi connectivity index (χ0) is 31.1. The molecule has 0 saturated heterocycles. The monoisotopic (exact) mass is 601 g/mol. The summed E-state index contributed by atoms with van der Waals surface area (Å²) < 4.78 is 20.6. The van der Waals surface area contributed by atoms with Crippen molar-refractivity contribution in [3.8, 4) is 5.75 Å². The molecule has 1 saturated carbocycles. The second kappa shape index (κ2) is 14.1. The second-order valence-electron chi connectivity index (χ2n) is 11.0. The van der Waals surface area contributed by atoms with Crippen molar-refractivity contribution in [2.45, 2.75) is 51.1 Å². The molecule has 11 heteroatoms. The van der Waals surface area contributed by atoms with Crippen LogP contribution in [0.3, 0.4) is 0 Å². The lowest BCUT2D eigenvalue weighted by Crippen LogP contribution is -2.33. The summed E-state index contributed by atoms with van der Waals surface area (Å²) in [5.74, 6) is -1.58. The van der Waals surface area contributed by atoms with Crippen molar-refractivity contribution < 1.29 is 28.3 Å². The van der Waals surface area contributed by atoms with Gasteiger partial charge in [0.1, 0.15) is 11.6 Å². The van der Waals surface area contributed by atoms with Gasteiger partial charge in [0, 0.05) is 35.9 Å². The van der Waals surface area contributed by atoms with E-state index in [4.69, 9.17) is 10.5 Å². The summed E-state index contributed by atoms with van der Waals surface area (Å²) in [6.45, 7) is 1.31. The Morgan fingerprint density at radius 2 is 1.68 bits per heavy atom. The van der Waals surface area contributed by atoms with Crippen molar-refractivity contribution >= 4 is 35.0 Å². The molecule has 0 unspecified atom stereocenters. The third-order valence-corrected chi connectivity index (χ3v) is 7.56. The largest absolute Gasteiger partial charge is 0.482 e. The van der Waals surface area contributed by atoms with Crippen molar-refractivity contribution in [2.24, 2.45) is 5.73 Å². The molecule has 3 aromatic carbocycles. The number of nitrogens with zero attached hydrogens (tertiary/aromatic N) is 1. The Morgan fingerprint density at radius 3 is 2.41 bits per heavy atom. The van der Waals surface area contributed by atoms with Crippen LogP contribution in [0.25, 0.3) is 0 Å². The van der Waals surface area contributed by atoms with E-state index in [1.54, 1.807) is 53.4 Å². The number of nitrogens with one attached hydrogen (secondary N) is 3. The number of hydrogen-bond donors (Lipinski definition) is 4. The highest BCUT2D eigenvalue weighted by molar-refractivity contribution is 6.05. The van der Waals surface area contributed by atoms with Gasteiger partial charge in [-0.15, -0.1) is 0 Å². The van der Waals surface area contributed by atoms with E-state index in [9.17, 15) is 19.2 Å². The molecule has 1 fully saturated rings. The third-order valence-electron chi connectivity index (χ3n) is 7.56. The van der Waals surface area contributed by atoms with Crippen molar-refractivity contribution in [3.63, 3.8) is 0 Å². The fraction of sp³-hybridized carbons (Fsp3) is 0.333. The van der Waals surface area contributed by atoms with E-state index in [0.29, 0.717) is 46.9 Å². The Bertz CT molecular complexity index is 1540. The van der Waals surface area contributed by atoms with Crippen molar-refractivity contribution in [1.82, 2.24) is 10.2 Å². The predicted octanol–water partition coefficient (Wildman–Crippen LogP) is 4.46. The highest BCUT2D eigenvalue weighted by atomic mass is 19.1. The molecule has 0 radical (unpaired) electrons. The quantitative estimate of drug-likeness (QED) is 0.213. The predicted molar refractivity (Wildman–Crippen MR) is 164 cm³/mol. The van der Waals surface area contributed by atoms with E-state index in [0.717, 1.165) is 38.5 Å². The first-order valence-electron chi connectivity index (χ1n) is 14.9. The number of amides is 4. The number of unbranched alkanes of at least 4 members (excludes halogenated alkanes) is 3. The molecule has 10 nitrogen and oxygen atoms in total. The first kappa shape index (κ1) is 30.7. The Kier molecular flexibility index (Phi) is 9.86. The highest BCUT2D eigenvalue weighted by Gasteiger charge is 2.34. The molecule has 0 bridgehead atoms. The van der Waals surface area contributed by atoms with Crippen LogP contribution >= 0.6 is 0 Å². The Morgan fingerprint density at radius 1 is 0.932 bits per heavy atom. The van der Waals surface area contributed by atoms with Crippen LogP contribution in [-0.4, -0.2) is 54.3 Å². The number of benzene rings is 3. The van der Waals surface area contributed by atoms with E-state index in [-0.39, 0.29) is 42.5 Å². The van der Waals surface area contributed by atoms with Gasteiger partial charge >= 0.3 is 0 Å². The molecule has 1 aliphatic heterocycles. The molecule has 5 N–H and O–H groups in total. The number of fused-ring (bicyclic) bond motifs is 1. The fourth-order valence-corrected chi connectivity index (χ4v) is 4.99. The minimum absolute atomic E-state index is 0.0385. The van der Waals surface area contributed by atoms with E-state index in [1.807, 2.05) is 0 Å². The maximum absolute atomic E-state index is 15.1. The average Bonchev–Trinajstić information content (AvgIpc) is 3.87. The number of ether oxygens (including phenoxy) is 1. The smallest absolute Gasteiger partial charge is 0.262 e. The number of rotatable bonds is 13. The van der Waals surface area contributed by atoms with Crippen LogP contribution in [0.2, 0.25) is 0 Å². The third kappa shape index (κ3) is 7.78. The molecule has 4 amide bonds. The normalized spacial score (nSPS) is 13.7. The number of halogens is 1. The van der Waals surface area contributed by atoms with Gasteiger partial charge in [0.25, 0.3) is 23.6 Å². The van der Waals surface area contributed by atoms with Crippen LogP contribution < -0.4 is 26.4 Å². The molecule has 0 atom stereocenters. The SMILES string of the molecule is NCCCCCCNC(=O)c1ccc(NC(=O)c2ccc(CN(C(=O)c3ccc4c(c3)OCC(=O)N4)C3CC3)cc2F)cc1. The average molecular weight is 602 g/mol. The lowest BCUT2D eigenvalue weighted by Gasteiger charge is -2.24. The van der Waals surface area contributed by atoms with Crippen LogP contribution in [0.15, 0.2) is 60.7 Å². The van der Waals surface area contributed by atoms with Gasteiger partial charge < -0.3 is 31.3 Å². The first-order valence-corrected chi connectivity index (χ1v) is 14.9. The molecule has 0 spiro atoms. The zero-order valence-corrected chi connectivity index (χ0v) is 24.4. The molecule has 1 heterocycles. The summed E-state index contributed by atoms with van der Waals surface area (Å²) in [4.78, 5) is 51.9. The van der Waals surface area contributed by atoms with Crippen molar-refractivity contribution in [1.29, 1.82) is 0 Å². The van der Waals surface area contributed by atoms with Crippen LogP contribution in [0.4, 0.5) is 15.8 Å². The number of hydrogen-bond acceptors (Lipinski definition) is 6. The molecule has 5 rings (SSSR count). The fourth-order valence-electron chi connectivity index (χ4n) is 4.99. The van der Waals surface area contributed by atoms with Gasteiger partial charge in [0.15, 0.2) is 6.61 Å². The Labute approximate surface area is 255 Å². The van der Waals surface area contributed by atoms with Gasteiger partial charge in [-0.3, -0.25) is 19.2 Å². The molecule has 44 heavy (non-hydrogen) atoms. The van der Waals surface area contributed by atoms with Gasteiger partial charge in [-0.05, 0) is 92.4 Å². The van der Waals surface area contributed by atoms with Crippen molar-refractivity contribution in [2.75, 3.05) is 30.3 Å². The summed E-state index contributed by atoms with van der Waals surface area (Å²) in [7, 11) is 0. The number of nitrogens with two attached hydrogens (primary N) is 1. The van der Waals surface area contributed by atoms with E-state index in [2.05, 4.69) is 16.0 Å². The van der Waals surface area contributed by atoms with E-state index < -0.39 is 11.7 Å². The summed E-state index contributed by atoms with van der Waals surface area (Å²) in [5.41, 5.74) is 7.71. The standard InChI is InChI=1S/C33H36FN5O5/c34-27-17-21(19-39(25-11-12-25)33(43)23-8-14-28-29(18-23)44-20-30(40)38-28)5-13-26(27)32(42)37-24-9-6-22(7-10-24)31(41)36-16-4-2-1-3-15-35/h5-10,13-14,17-18,25H,1-4,11-12,15-16,19-20,35H2,(H,36,41)(H,37,42)(H,38,40). The van der Waals surface area contributed by atoms with Crippen molar-refractivity contribution in [3.05, 3.63) is 88.7 Å². The molecule has 230 valence electrons. The first-order chi connectivity index (χ1) is 21.3. The van der Waals surface area contributed by atoms with E-state index >= 15 is 4.39 Å². The lowest BCUT2D eigenvalue weighted by molar-refractivity contribution is -0.118. The Balaban J connectivity index is 1.17. The van der Waals surface area contributed by atoms with Crippen LogP contribution in [0.5, 0.6) is 5.75 Å². The number of anilines is 2. The highest BCUT2D eigenvalue weighted by Crippen LogP contribution is 2.33.